The first-order valence-corrected chi connectivity index (χ1v) is 8.19. The molecule has 21 heavy (non-hydrogen) atoms. The van der Waals surface area contributed by atoms with Gasteiger partial charge >= 0.3 is 10.2 Å². The van der Waals surface area contributed by atoms with Crippen LogP contribution in [0, 0.1) is 5.92 Å². The van der Waals surface area contributed by atoms with Crippen LogP contribution < -0.4 is 0 Å². The van der Waals surface area contributed by atoms with Crippen molar-refractivity contribution in [3.63, 3.8) is 0 Å². The summed E-state index contributed by atoms with van der Waals surface area (Å²) in [6, 6.07) is 7.65. The van der Waals surface area contributed by atoms with Gasteiger partial charge in [-0.15, -0.1) is 3.89 Å². The van der Waals surface area contributed by atoms with Crippen LogP contribution >= 0.6 is 0 Å². The number of likely N-dealkylation sites (tertiary alicyclic amines) is 1. The fourth-order valence-electron chi connectivity index (χ4n) is 2.53. The molecule has 0 bridgehead atoms. The van der Waals surface area contributed by atoms with Crippen molar-refractivity contribution >= 4 is 16.1 Å². The van der Waals surface area contributed by atoms with Gasteiger partial charge in [0, 0.05) is 32.5 Å². The first kappa shape index (κ1) is 15.9. The van der Waals surface area contributed by atoms with Gasteiger partial charge in [0.1, 0.15) is 0 Å². The lowest BCUT2D eigenvalue weighted by Gasteiger charge is -2.16. The predicted molar refractivity (Wildman–Crippen MR) is 75.6 cm³/mol. The molecule has 1 fully saturated rings. The van der Waals surface area contributed by atoms with Gasteiger partial charge in [-0.3, -0.25) is 4.79 Å². The van der Waals surface area contributed by atoms with Crippen LogP contribution in [0.5, 0.6) is 0 Å². The Kier molecular flexibility index (Phi) is 4.95. The van der Waals surface area contributed by atoms with Gasteiger partial charge in [-0.05, 0) is 11.1 Å². The summed E-state index contributed by atoms with van der Waals surface area (Å²) in [5, 5.41) is 0. The Balaban J connectivity index is 1.95. The molecular formula is C14H18FNO4S. The molecule has 1 aliphatic rings. The van der Waals surface area contributed by atoms with Gasteiger partial charge in [0.25, 0.3) is 0 Å². The average molecular weight is 315 g/mol. The minimum atomic E-state index is -4.53. The lowest BCUT2D eigenvalue weighted by molar-refractivity contribution is -0.128. The highest BCUT2D eigenvalue weighted by atomic mass is 32.3. The van der Waals surface area contributed by atoms with Crippen LogP contribution in [-0.4, -0.2) is 38.6 Å². The van der Waals surface area contributed by atoms with Crippen molar-refractivity contribution in [2.45, 2.75) is 19.6 Å². The summed E-state index contributed by atoms with van der Waals surface area (Å²) in [5.74, 6) is -1.17. The number of carbonyl (C=O) groups is 1. The Morgan fingerprint density at radius 1 is 1.29 bits per heavy atom. The molecule has 1 aromatic rings. The van der Waals surface area contributed by atoms with Gasteiger partial charge in [0.2, 0.25) is 5.91 Å². The number of methoxy groups -OCH3 is 1. The smallest absolute Gasteiger partial charge is 0.302 e. The zero-order valence-corrected chi connectivity index (χ0v) is 12.6. The summed E-state index contributed by atoms with van der Waals surface area (Å²) in [5.41, 5.74) is 1.99. The molecule has 1 saturated heterocycles. The summed E-state index contributed by atoms with van der Waals surface area (Å²) in [4.78, 5) is 13.4. The zero-order chi connectivity index (χ0) is 15.5. The molecule has 5 nitrogen and oxygen atoms in total. The van der Waals surface area contributed by atoms with E-state index in [9.17, 15) is 17.1 Å². The normalized spacial score (nSPS) is 19.2. The third kappa shape index (κ3) is 4.78. The van der Waals surface area contributed by atoms with E-state index in [2.05, 4.69) is 0 Å². The maximum absolute atomic E-state index is 12.7. The molecule has 0 spiro atoms. The number of benzene rings is 1. The topological polar surface area (TPSA) is 63.7 Å². The summed E-state index contributed by atoms with van der Waals surface area (Å²) >= 11 is 0. The maximum atomic E-state index is 12.7. The maximum Gasteiger partial charge on any atom is 0.302 e. The van der Waals surface area contributed by atoms with Crippen molar-refractivity contribution in [1.82, 2.24) is 4.90 Å². The van der Waals surface area contributed by atoms with E-state index in [4.69, 9.17) is 4.74 Å². The third-order valence-corrected chi connectivity index (χ3v) is 4.31. The van der Waals surface area contributed by atoms with E-state index in [0.717, 1.165) is 11.1 Å². The largest absolute Gasteiger partial charge is 0.380 e. The number of nitrogens with zero attached hydrogens (tertiary/aromatic N) is 1. The highest BCUT2D eigenvalue weighted by molar-refractivity contribution is 7.86. The molecule has 1 atom stereocenters. The number of carbonyl (C=O) groups excluding carboxylic acids is 1. The third-order valence-electron chi connectivity index (χ3n) is 3.44. The second kappa shape index (κ2) is 6.53. The molecule has 0 N–H and O–H groups in total. The summed E-state index contributed by atoms with van der Waals surface area (Å²) in [7, 11) is -2.91. The van der Waals surface area contributed by atoms with E-state index in [1.165, 1.54) is 0 Å². The van der Waals surface area contributed by atoms with Crippen LogP contribution in [-0.2, 0) is 32.9 Å². The molecule has 0 aliphatic carbocycles. The van der Waals surface area contributed by atoms with Crippen molar-refractivity contribution in [3.05, 3.63) is 35.4 Å². The Labute approximate surface area is 123 Å². The Morgan fingerprint density at radius 3 is 2.48 bits per heavy atom. The van der Waals surface area contributed by atoms with Crippen LogP contribution in [0.1, 0.15) is 17.5 Å². The SMILES string of the molecule is COCc1ccc(CN2CC(CS(=O)(=O)F)CC2=O)cc1. The summed E-state index contributed by atoms with van der Waals surface area (Å²) in [6.07, 6.45) is 0.0882. The molecule has 7 heteroatoms. The predicted octanol–water partition coefficient (Wildman–Crippen LogP) is 1.48. The second-order valence-corrected chi connectivity index (χ2v) is 6.71. The van der Waals surface area contributed by atoms with Gasteiger partial charge in [0.15, 0.2) is 0 Å². The van der Waals surface area contributed by atoms with Gasteiger partial charge in [-0.25, -0.2) is 0 Å². The average Bonchev–Trinajstić information content (AvgIpc) is 2.70. The van der Waals surface area contributed by atoms with Crippen LogP contribution in [0.25, 0.3) is 0 Å². The molecule has 0 saturated carbocycles. The molecule has 1 heterocycles. The summed E-state index contributed by atoms with van der Waals surface area (Å²) in [6.45, 7) is 1.22. The molecule has 1 amide bonds. The van der Waals surface area contributed by atoms with Gasteiger partial charge < -0.3 is 9.64 Å². The lowest BCUT2D eigenvalue weighted by atomic mass is 10.1. The molecule has 1 aliphatic heterocycles. The Morgan fingerprint density at radius 2 is 1.90 bits per heavy atom. The molecule has 0 radical (unpaired) electrons. The highest BCUT2D eigenvalue weighted by Gasteiger charge is 2.32. The minimum absolute atomic E-state index is 0.0882. The van der Waals surface area contributed by atoms with Crippen LogP contribution in [0.15, 0.2) is 24.3 Å². The monoisotopic (exact) mass is 315 g/mol. The van der Waals surface area contributed by atoms with Gasteiger partial charge in [0.05, 0.1) is 12.4 Å². The number of amides is 1. The quantitative estimate of drug-likeness (QED) is 0.746. The number of halogens is 1. The van der Waals surface area contributed by atoms with Crippen LogP contribution in [0.2, 0.25) is 0 Å². The van der Waals surface area contributed by atoms with E-state index >= 15 is 0 Å². The Hall–Kier alpha value is -1.47. The van der Waals surface area contributed by atoms with Crippen molar-refractivity contribution in [2.24, 2.45) is 5.92 Å². The zero-order valence-electron chi connectivity index (χ0n) is 11.8. The number of hydrogen-bond acceptors (Lipinski definition) is 4. The number of rotatable bonds is 6. The standard InChI is InChI=1S/C14H18FNO4S/c1-20-9-12-4-2-11(3-5-12)7-16-8-13(6-14(16)17)10-21(15,18)19/h2-5,13H,6-10H2,1H3. The highest BCUT2D eigenvalue weighted by Crippen LogP contribution is 2.22. The van der Waals surface area contributed by atoms with Gasteiger partial charge in [-0.1, -0.05) is 24.3 Å². The minimum Gasteiger partial charge on any atom is -0.380 e. The van der Waals surface area contributed by atoms with Crippen LogP contribution in [0.4, 0.5) is 3.89 Å². The second-order valence-electron chi connectivity index (χ2n) is 5.30. The number of ether oxygens (including phenoxy) is 1. The first-order chi connectivity index (χ1) is 9.87. The van der Waals surface area contributed by atoms with Crippen molar-refractivity contribution in [1.29, 1.82) is 0 Å². The molecule has 1 unspecified atom stereocenters. The molecular weight excluding hydrogens is 297 g/mol. The van der Waals surface area contributed by atoms with Crippen molar-refractivity contribution < 1.29 is 21.8 Å². The number of hydrogen-bond donors (Lipinski definition) is 0. The van der Waals surface area contributed by atoms with E-state index < -0.39 is 21.9 Å². The fourth-order valence-corrected chi connectivity index (χ4v) is 3.31. The molecule has 0 aromatic heterocycles. The first-order valence-electron chi connectivity index (χ1n) is 6.64. The van der Waals surface area contributed by atoms with Crippen LogP contribution in [0.3, 0.4) is 0 Å². The van der Waals surface area contributed by atoms with Crippen molar-refractivity contribution in [2.75, 3.05) is 19.4 Å². The Bertz CT molecular complexity index is 600. The molecule has 116 valence electrons. The van der Waals surface area contributed by atoms with E-state index in [1.54, 1.807) is 12.0 Å². The van der Waals surface area contributed by atoms with Crippen molar-refractivity contribution in [3.8, 4) is 0 Å². The lowest BCUT2D eigenvalue weighted by Crippen LogP contribution is -2.25. The summed E-state index contributed by atoms with van der Waals surface area (Å²) < 4.78 is 39.0. The molecule has 1 aromatic carbocycles. The van der Waals surface area contributed by atoms with Gasteiger partial charge in [-0.2, -0.15) is 8.42 Å². The van der Waals surface area contributed by atoms with E-state index in [1.807, 2.05) is 24.3 Å². The van der Waals surface area contributed by atoms with E-state index in [-0.39, 0.29) is 18.9 Å². The van der Waals surface area contributed by atoms with E-state index in [0.29, 0.717) is 13.2 Å². The fraction of sp³-hybridized carbons (Fsp3) is 0.500. The molecule has 2 rings (SSSR count).